The second-order valence-electron chi connectivity index (χ2n) is 17.9. The molecular formula is C48H56Si. The molecule has 4 aromatic carbocycles. The highest BCUT2D eigenvalue weighted by Crippen LogP contribution is 2.60. The monoisotopic (exact) mass is 660 g/mol. The minimum Gasteiger partial charge on any atom is -0.0704 e. The summed E-state index contributed by atoms with van der Waals surface area (Å²) in [5.41, 5.74) is 16.7. The van der Waals surface area contributed by atoms with E-state index < -0.39 is 8.07 Å². The van der Waals surface area contributed by atoms with Crippen molar-refractivity contribution in [2.24, 2.45) is 0 Å². The maximum atomic E-state index is 2.79. The summed E-state index contributed by atoms with van der Waals surface area (Å²) in [5, 5.41) is 3.74. The lowest BCUT2D eigenvalue weighted by Gasteiger charge is -2.45. The van der Waals surface area contributed by atoms with E-state index in [0.29, 0.717) is 0 Å². The Kier molecular flexibility index (Phi) is 8.30. The topological polar surface area (TPSA) is 0 Å². The molecule has 0 amide bonds. The van der Waals surface area contributed by atoms with Crippen molar-refractivity contribution in [1.29, 1.82) is 0 Å². The van der Waals surface area contributed by atoms with Gasteiger partial charge < -0.3 is 0 Å². The van der Waals surface area contributed by atoms with E-state index in [0.717, 1.165) is 23.9 Å². The van der Waals surface area contributed by atoms with Crippen LogP contribution in [0.4, 0.5) is 0 Å². The van der Waals surface area contributed by atoms with Crippen molar-refractivity contribution in [3.63, 3.8) is 0 Å². The molecule has 0 spiro atoms. The summed E-state index contributed by atoms with van der Waals surface area (Å²) in [5.74, 6) is 0. The zero-order valence-electron chi connectivity index (χ0n) is 31.0. The van der Waals surface area contributed by atoms with Crippen LogP contribution >= 0.6 is 0 Å². The van der Waals surface area contributed by atoms with Gasteiger partial charge in [-0.05, 0) is 90.4 Å². The van der Waals surface area contributed by atoms with Crippen molar-refractivity contribution in [2.75, 3.05) is 0 Å². The fraction of sp³-hybridized carbons (Fsp3) is 0.417. The van der Waals surface area contributed by atoms with E-state index in [2.05, 4.69) is 139 Å². The first-order valence-electron chi connectivity index (χ1n) is 19.4. The lowest BCUT2D eigenvalue weighted by Crippen LogP contribution is -2.48. The van der Waals surface area contributed by atoms with Gasteiger partial charge in [-0.15, -0.1) is 0 Å². The van der Waals surface area contributed by atoms with E-state index in [1.807, 2.05) is 10.4 Å². The van der Waals surface area contributed by atoms with Gasteiger partial charge in [-0.1, -0.05) is 200 Å². The van der Waals surface area contributed by atoms with Gasteiger partial charge in [0.15, 0.2) is 0 Å². The first kappa shape index (κ1) is 32.8. The zero-order chi connectivity index (χ0) is 34.0. The van der Waals surface area contributed by atoms with Gasteiger partial charge in [0, 0.05) is 0 Å². The molecule has 252 valence electrons. The van der Waals surface area contributed by atoms with Crippen molar-refractivity contribution in [1.82, 2.24) is 0 Å². The number of benzene rings is 4. The SMILES string of the molecule is CC(C)(C)c1cccc(-c2cccc3c2C=C([Si](C2=Cc4c(cccc4-c4cccc(C(C)(C)C)c4)C2)(C2CCCC2)C2CCCC2)C3)c1. The fourth-order valence-corrected chi connectivity index (χ4v) is 18.0. The molecule has 0 aliphatic heterocycles. The third kappa shape index (κ3) is 5.75. The fourth-order valence-electron chi connectivity index (χ4n) is 10.4. The Labute approximate surface area is 297 Å². The number of hydrogen-bond acceptors (Lipinski definition) is 0. The highest BCUT2D eigenvalue weighted by Gasteiger charge is 2.55. The molecule has 0 saturated heterocycles. The van der Waals surface area contributed by atoms with Crippen LogP contribution in [-0.2, 0) is 23.7 Å². The lowest BCUT2D eigenvalue weighted by atomic mass is 9.85. The molecule has 0 radical (unpaired) electrons. The van der Waals surface area contributed by atoms with Crippen LogP contribution in [0.5, 0.6) is 0 Å². The van der Waals surface area contributed by atoms with Gasteiger partial charge in [-0.25, -0.2) is 0 Å². The highest BCUT2D eigenvalue weighted by molar-refractivity contribution is 6.96. The normalized spacial score (nSPS) is 18.5. The smallest absolute Gasteiger partial charge is 0.0704 e. The Morgan fingerprint density at radius 1 is 0.490 bits per heavy atom. The summed E-state index contributed by atoms with van der Waals surface area (Å²) in [4.78, 5) is 0. The molecule has 0 N–H and O–H groups in total. The summed E-state index contributed by atoms with van der Waals surface area (Å²) >= 11 is 0. The average Bonchev–Trinajstić information content (AvgIpc) is 3.92. The van der Waals surface area contributed by atoms with Crippen LogP contribution in [0.15, 0.2) is 95.3 Å². The van der Waals surface area contributed by atoms with Crippen LogP contribution in [0.2, 0.25) is 11.1 Å². The van der Waals surface area contributed by atoms with Gasteiger partial charge in [0.1, 0.15) is 8.07 Å². The van der Waals surface area contributed by atoms with Crippen molar-refractivity contribution in [3.8, 4) is 22.3 Å². The summed E-state index contributed by atoms with van der Waals surface area (Å²) in [6.45, 7) is 14.0. The number of hydrogen-bond donors (Lipinski definition) is 0. The molecular weight excluding hydrogens is 605 g/mol. The van der Waals surface area contributed by atoms with Gasteiger partial charge in [-0.3, -0.25) is 0 Å². The first-order valence-corrected chi connectivity index (χ1v) is 21.6. The van der Waals surface area contributed by atoms with Crippen LogP contribution in [-0.4, -0.2) is 8.07 Å². The largest absolute Gasteiger partial charge is 0.115 e. The van der Waals surface area contributed by atoms with Crippen molar-refractivity contribution in [2.45, 2.75) is 128 Å². The van der Waals surface area contributed by atoms with Crippen molar-refractivity contribution < 1.29 is 0 Å². The average molecular weight is 661 g/mol. The van der Waals surface area contributed by atoms with Crippen LogP contribution in [0.3, 0.4) is 0 Å². The minimum atomic E-state index is -2.07. The molecule has 0 heterocycles. The van der Waals surface area contributed by atoms with E-state index >= 15 is 0 Å². The predicted molar refractivity (Wildman–Crippen MR) is 215 cm³/mol. The number of rotatable bonds is 6. The zero-order valence-corrected chi connectivity index (χ0v) is 32.0. The van der Waals surface area contributed by atoms with Gasteiger partial charge in [0.05, 0.1) is 0 Å². The molecule has 4 aliphatic carbocycles. The van der Waals surface area contributed by atoms with E-state index in [9.17, 15) is 0 Å². The molecule has 2 fully saturated rings. The van der Waals surface area contributed by atoms with Gasteiger partial charge in [-0.2, -0.15) is 0 Å². The molecule has 0 unspecified atom stereocenters. The Bertz CT molecular complexity index is 1800. The second kappa shape index (κ2) is 12.4. The Balaban J connectivity index is 1.28. The third-order valence-corrected chi connectivity index (χ3v) is 19.4. The highest BCUT2D eigenvalue weighted by atomic mass is 28.3. The minimum absolute atomic E-state index is 0.138. The molecule has 2 saturated carbocycles. The molecule has 49 heavy (non-hydrogen) atoms. The van der Waals surface area contributed by atoms with Crippen LogP contribution < -0.4 is 0 Å². The lowest BCUT2D eigenvalue weighted by molar-refractivity contribution is 0.590. The maximum Gasteiger partial charge on any atom is 0.115 e. The quantitative estimate of drug-likeness (QED) is 0.181. The summed E-state index contributed by atoms with van der Waals surface area (Å²) in [6, 6.07) is 33.2. The van der Waals surface area contributed by atoms with Gasteiger partial charge in [0.2, 0.25) is 0 Å². The molecule has 0 aromatic heterocycles. The van der Waals surface area contributed by atoms with E-state index in [1.165, 1.54) is 95.9 Å². The van der Waals surface area contributed by atoms with Crippen LogP contribution in [0.1, 0.15) is 126 Å². The third-order valence-electron chi connectivity index (χ3n) is 12.9. The molecule has 4 aliphatic rings. The molecule has 4 aromatic rings. The maximum absolute atomic E-state index is 2.79. The Morgan fingerprint density at radius 3 is 1.27 bits per heavy atom. The first-order chi connectivity index (χ1) is 23.5. The van der Waals surface area contributed by atoms with E-state index in [1.54, 1.807) is 11.1 Å². The van der Waals surface area contributed by atoms with E-state index in [4.69, 9.17) is 0 Å². The molecule has 8 rings (SSSR count). The summed E-state index contributed by atoms with van der Waals surface area (Å²) in [7, 11) is -2.07. The van der Waals surface area contributed by atoms with Crippen LogP contribution in [0.25, 0.3) is 34.4 Å². The molecule has 1 heteroatoms. The summed E-state index contributed by atoms with van der Waals surface area (Å²) in [6.07, 6.45) is 19.3. The molecule has 0 nitrogen and oxygen atoms in total. The van der Waals surface area contributed by atoms with Crippen molar-refractivity contribution >= 4 is 20.2 Å². The van der Waals surface area contributed by atoms with E-state index in [-0.39, 0.29) is 10.8 Å². The van der Waals surface area contributed by atoms with Crippen molar-refractivity contribution in [3.05, 3.63) is 129 Å². The molecule has 0 bridgehead atoms. The van der Waals surface area contributed by atoms with Crippen LogP contribution in [0, 0.1) is 0 Å². The Hall–Kier alpha value is -3.42. The summed E-state index contributed by atoms with van der Waals surface area (Å²) < 4.78 is 0. The van der Waals surface area contributed by atoms with Gasteiger partial charge >= 0.3 is 0 Å². The van der Waals surface area contributed by atoms with Gasteiger partial charge in [0.25, 0.3) is 0 Å². The number of fused-ring (bicyclic) bond motifs is 2. The molecule has 0 atom stereocenters. The Morgan fingerprint density at radius 2 is 0.878 bits per heavy atom. The second-order valence-corrected chi connectivity index (χ2v) is 22.6. The predicted octanol–water partition coefficient (Wildman–Crippen LogP) is 13.6. The number of allylic oxidation sites excluding steroid dienone is 2. The standard InChI is InChI=1S/C48H56Si/c1-47(2,3)37-19-11-15-33(27-37)43-25-13-17-35-29-41(31-45(35)43)49(39-21-7-8-22-39,40-23-9-10-24-40)42-30-36-18-14-26-44(46(36)32-42)34-16-12-20-38(28-34)48(4,5)6/h11-20,25-28,31-32,39-40H,7-10,21-24,29-30H2,1-6H3.